The van der Waals surface area contributed by atoms with E-state index in [1.54, 1.807) is 0 Å². The Labute approximate surface area is 126 Å². The van der Waals surface area contributed by atoms with Gasteiger partial charge in [0.1, 0.15) is 17.6 Å². The summed E-state index contributed by atoms with van der Waals surface area (Å²) in [6, 6.07) is 0. The maximum Gasteiger partial charge on any atom is 0.126 e. The number of morpholine rings is 1. The summed E-state index contributed by atoms with van der Waals surface area (Å²) < 4.78 is 11.6. The summed E-state index contributed by atoms with van der Waals surface area (Å²) in [6.07, 6.45) is 2.19. The van der Waals surface area contributed by atoms with Crippen LogP contribution in [0.15, 0.2) is 0 Å². The van der Waals surface area contributed by atoms with Crippen LogP contribution in [0, 0.1) is 20.8 Å². The zero-order valence-electron chi connectivity index (χ0n) is 13.2. The van der Waals surface area contributed by atoms with E-state index in [9.17, 15) is 5.11 Å². The predicted octanol–water partition coefficient (Wildman–Crippen LogP) is 2.34. The van der Waals surface area contributed by atoms with Crippen LogP contribution in [0.2, 0.25) is 0 Å². The number of aromatic hydroxyl groups is 1. The van der Waals surface area contributed by atoms with Crippen molar-refractivity contribution < 1.29 is 14.6 Å². The topological polar surface area (TPSA) is 41.9 Å². The molecule has 0 aliphatic carbocycles. The molecule has 0 spiro atoms. The molecule has 1 aromatic carbocycles. The number of phenolic OH excluding ortho intramolecular Hbond substituents is 1. The Morgan fingerprint density at radius 1 is 1.10 bits per heavy atom. The van der Waals surface area contributed by atoms with Crippen molar-refractivity contribution in [3.05, 3.63) is 22.3 Å². The van der Waals surface area contributed by atoms with E-state index in [2.05, 4.69) is 4.90 Å². The first-order valence-corrected chi connectivity index (χ1v) is 7.86. The fraction of sp³-hybridized carbons (Fsp3) is 0.647. The monoisotopic (exact) mass is 291 g/mol. The lowest BCUT2D eigenvalue weighted by Gasteiger charge is -2.27. The van der Waals surface area contributed by atoms with Gasteiger partial charge in [-0.3, -0.25) is 4.90 Å². The average Bonchev–Trinajstić information content (AvgIpc) is 2.94. The molecule has 1 aromatic rings. The number of hydrogen-bond acceptors (Lipinski definition) is 4. The Bertz CT molecular complexity index is 499. The van der Waals surface area contributed by atoms with Crippen LogP contribution in [0.3, 0.4) is 0 Å². The van der Waals surface area contributed by atoms with Crippen molar-refractivity contribution in [3.63, 3.8) is 0 Å². The van der Waals surface area contributed by atoms with Gasteiger partial charge in [0.2, 0.25) is 0 Å². The second kappa shape index (κ2) is 5.85. The SMILES string of the molecule is Cc1c(C)c2c(c(C)c1O)C[C@@H](CCN1CCOCC1)O2. The summed E-state index contributed by atoms with van der Waals surface area (Å²) in [4.78, 5) is 2.44. The summed E-state index contributed by atoms with van der Waals surface area (Å²) in [7, 11) is 0. The zero-order chi connectivity index (χ0) is 15.0. The molecule has 21 heavy (non-hydrogen) atoms. The molecule has 0 radical (unpaired) electrons. The first kappa shape index (κ1) is 14.7. The number of hydrogen-bond donors (Lipinski definition) is 1. The van der Waals surface area contributed by atoms with Crippen molar-refractivity contribution in [1.29, 1.82) is 0 Å². The molecule has 1 fully saturated rings. The standard InChI is InChI=1S/C17H25NO3/c1-11-12(2)17-15(13(3)16(11)19)10-14(21-17)4-5-18-6-8-20-9-7-18/h14,19H,4-10H2,1-3H3/t14-/m1/s1. The maximum absolute atomic E-state index is 10.2. The minimum absolute atomic E-state index is 0.237. The highest BCUT2D eigenvalue weighted by atomic mass is 16.5. The largest absolute Gasteiger partial charge is 0.507 e. The van der Waals surface area contributed by atoms with E-state index >= 15 is 0 Å². The Hall–Kier alpha value is -1.26. The highest BCUT2D eigenvalue weighted by molar-refractivity contribution is 5.59. The smallest absolute Gasteiger partial charge is 0.126 e. The normalized spacial score (nSPS) is 22.1. The van der Waals surface area contributed by atoms with Gasteiger partial charge in [-0.25, -0.2) is 0 Å². The van der Waals surface area contributed by atoms with Crippen molar-refractivity contribution >= 4 is 0 Å². The summed E-state index contributed by atoms with van der Waals surface area (Å²) in [5, 5.41) is 10.2. The van der Waals surface area contributed by atoms with Crippen LogP contribution in [0.1, 0.15) is 28.7 Å². The zero-order valence-corrected chi connectivity index (χ0v) is 13.2. The minimum atomic E-state index is 0.237. The summed E-state index contributed by atoms with van der Waals surface area (Å²) in [6.45, 7) is 10.8. The third-order valence-corrected chi connectivity index (χ3v) is 4.93. The van der Waals surface area contributed by atoms with Crippen molar-refractivity contribution in [1.82, 2.24) is 4.90 Å². The van der Waals surface area contributed by atoms with E-state index in [-0.39, 0.29) is 6.10 Å². The van der Waals surface area contributed by atoms with Gasteiger partial charge in [-0.1, -0.05) is 0 Å². The molecule has 0 unspecified atom stereocenters. The second-order valence-corrected chi connectivity index (χ2v) is 6.22. The number of fused-ring (bicyclic) bond motifs is 1. The summed E-state index contributed by atoms with van der Waals surface area (Å²) in [5.41, 5.74) is 4.21. The van der Waals surface area contributed by atoms with Crippen LogP contribution in [0.5, 0.6) is 11.5 Å². The number of phenols is 1. The molecule has 1 N–H and O–H groups in total. The van der Waals surface area contributed by atoms with Gasteiger partial charge in [0.15, 0.2) is 0 Å². The molecular weight excluding hydrogens is 266 g/mol. The van der Waals surface area contributed by atoms with Gasteiger partial charge in [-0.05, 0) is 43.9 Å². The highest BCUT2D eigenvalue weighted by Crippen LogP contribution is 2.42. The van der Waals surface area contributed by atoms with Gasteiger partial charge in [0.25, 0.3) is 0 Å². The van der Waals surface area contributed by atoms with E-state index in [1.165, 1.54) is 5.56 Å². The molecule has 2 heterocycles. The van der Waals surface area contributed by atoms with Gasteiger partial charge < -0.3 is 14.6 Å². The number of rotatable bonds is 3. The molecule has 4 heteroatoms. The fourth-order valence-electron chi connectivity index (χ4n) is 3.32. The Balaban J connectivity index is 1.67. The van der Waals surface area contributed by atoms with Crippen molar-refractivity contribution in [2.45, 2.75) is 39.7 Å². The fourth-order valence-corrected chi connectivity index (χ4v) is 3.32. The minimum Gasteiger partial charge on any atom is -0.507 e. The summed E-state index contributed by atoms with van der Waals surface area (Å²) in [5.74, 6) is 1.44. The van der Waals surface area contributed by atoms with Crippen molar-refractivity contribution in [2.24, 2.45) is 0 Å². The van der Waals surface area contributed by atoms with Crippen LogP contribution < -0.4 is 4.74 Å². The maximum atomic E-state index is 10.2. The first-order chi connectivity index (χ1) is 10.1. The van der Waals surface area contributed by atoms with E-state index in [4.69, 9.17) is 9.47 Å². The quantitative estimate of drug-likeness (QED) is 0.928. The number of benzene rings is 1. The van der Waals surface area contributed by atoms with Gasteiger partial charge >= 0.3 is 0 Å². The molecule has 1 atom stereocenters. The van der Waals surface area contributed by atoms with Gasteiger partial charge in [0.05, 0.1) is 13.2 Å². The highest BCUT2D eigenvalue weighted by Gasteiger charge is 2.29. The Kier molecular flexibility index (Phi) is 4.09. The van der Waals surface area contributed by atoms with E-state index < -0.39 is 0 Å². The van der Waals surface area contributed by atoms with E-state index in [1.807, 2.05) is 20.8 Å². The molecule has 116 valence electrons. The third kappa shape index (κ3) is 2.74. The Morgan fingerprint density at radius 3 is 2.52 bits per heavy atom. The molecule has 0 aromatic heterocycles. The molecule has 0 saturated carbocycles. The Morgan fingerprint density at radius 2 is 1.81 bits per heavy atom. The number of nitrogens with zero attached hydrogens (tertiary/aromatic N) is 1. The molecule has 4 nitrogen and oxygen atoms in total. The third-order valence-electron chi connectivity index (χ3n) is 4.93. The van der Waals surface area contributed by atoms with Gasteiger partial charge in [0, 0.05) is 31.6 Å². The lowest BCUT2D eigenvalue weighted by molar-refractivity contribution is 0.0328. The molecule has 3 rings (SSSR count). The molecule has 0 amide bonds. The molecule has 0 bridgehead atoms. The lowest BCUT2D eigenvalue weighted by Crippen LogP contribution is -2.38. The van der Waals surface area contributed by atoms with Crippen LogP contribution in [-0.4, -0.2) is 49.0 Å². The molecule has 2 aliphatic rings. The van der Waals surface area contributed by atoms with Crippen LogP contribution >= 0.6 is 0 Å². The van der Waals surface area contributed by atoms with Crippen LogP contribution in [-0.2, 0) is 11.2 Å². The van der Waals surface area contributed by atoms with Crippen LogP contribution in [0.4, 0.5) is 0 Å². The average molecular weight is 291 g/mol. The van der Waals surface area contributed by atoms with E-state index in [0.717, 1.165) is 68.1 Å². The van der Waals surface area contributed by atoms with E-state index in [0.29, 0.717) is 5.75 Å². The van der Waals surface area contributed by atoms with Crippen molar-refractivity contribution in [3.8, 4) is 11.5 Å². The lowest BCUT2D eigenvalue weighted by atomic mass is 9.95. The predicted molar refractivity (Wildman–Crippen MR) is 82.3 cm³/mol. The molecule has 1 saturated heterocycles. The summed E-state index contributed by atoms with van der Waals surface area (Å²) >= 11 is 0. The van der Waals surface area contributed by atoms with Gasteiger partial charge in [-0.15, -0.1) is 0 Å². The van der Waals surface area contributed by atoms with Crippen LogP contribution in [0.25, 0.3) is 0 Å². The van der Waals surface area contributed by atoms with Gasteiger partial charge in [-0.2, -0.15) is 0 Å². The second-order valence-electron chi connectivity index (χ2n) is 6.22. The number of ether oxygens (including phenoxy) is 2. The van der Waals surface area contributed by atoms with Crippen molar-refractivity contribution in [2.75, 3.05) is 32.8 Å². The molecule has 2 aliphatic heterocycles. The molecular formula is C17H25NO3. The first-order valence-electron chi connectivity index (χ1n) is 7.86.